The van der Waals surface area contributed by atoms with Gasteiger partial charge < -0.3 is 5.73 Å². The third-order valence-electron chi connectivity index (χ3n) is 2.66. The third-order valence-corrected chi connectivity index (χ3v) is 4.77. The molecule has 0 radical (unpaired) electrons. The number of benzene rings is 1. The highest BCUT2D eigenvalue weighted by atomic mass is 32.2. The van der Waals surface area contributed by atoms with Gasteiger partial charge in [-0.1, -0.05) is 0 Å². The number of nitrogens with zero attached hydrogens (tertiary/aromatic N) is 1. The first-order chi connectivity index (χ1) is 9.16. The fourth-order valence-corrected chi connectivity index (χ4v) is 3.38. The topological polar surface area (TPSA) is 87.2 Å². The first kappa shape index (κ1) is 16.5. The largest absolute Gasteiger partial charge is 0.388 e. The van der Waals surface area contributed by atoms with Crippen LogP contribution in [-0.2, 0) is 10.0 Å². The lowest BCUT2D eigenvalue weighted by Crippen LogP contribution is -2.39. The molecule has 1 aromatic rings. The second-order valence-corrected chi connectivity index (χ2v) is 6.42. The van der Waals surface area contributed by atoms with Gasteiger partial charge in [0.25, 0.3) is 0 Å². The number of hydrogen-bond acceptors (Lipinski definition) is 3. The smallest absolute Gasteiger partial charge is 0.246 e. The minimum Gasteiger partial charge on any atom is -0.388 e. The Morgan fingerprint density at radius 3 is 2.45 bits per heavy atom. The van der Waals surface area contributed by atoms with Crippen molar-refractivity contribution in [1.29, 1.82) is 5.41 Å². The number of halogens is 2. The van der Waals surface area contributed by atoms with E-state index >= 15 is 0 Å². The molecule has 0 atom stereocenters. The molecule has 0 aliphatic rings. The van der Waals surface area contributed by atoms with E-state index in [1.54, 1.807) is 13.8 Å². The van der Waals surface area contributed by atoms with E-state index in [0.29, 0.717) is 6.07 Å². The quantitative estimate of drug-likeness (QED) is 0.619. The lowest BCUT2D eigenvalue weighted by Gasteiger charge is -2.25. The van der Waals surface area contributed by atoms with Crippen molar-refractivity contribution in [3.05, 3.63) is 29.8 Å². The number of hydrogen-bond donors (Lipinski definition) is 2. The zero-order valence-electron chi connectivity index (χ0n) is 11.2. The van der Waals surface area contributed by atoms with Crippen molar-refractivity contribution >= 4 is 15.9 Å². The molecule has 8 heteroatoms. The van der Waals surface area contributed by atoms with E-state index in [9.17, 15) is 17.2 Å². The Balaban J connectivity index is 3.19. The Labute approximate surface area is 116 Å². The van der Waals surface area contributed by atoms with Crippen LogP contribution in [0.4, 0.5) is 8.78 Å². The SMILES string of the molecule is CC(C)N(CCC(=N)N)S(=O)(=O)c1ccc(F)cc1F. The summed E-state index contributed by atoms with van der Waals surface area (Å²) in [5, 5.41) is 7.14. The van der Waals surface area contributed by atoms with Crippen LogP contribution in [0, 0.1) is 17.0 Å². The number of amidine groups is 1. The Kier molecular flexibility index (Phi) is 5.18. The molecule has 0 aliphatic carbocycles. The summed E-state index contributed by atoms with van der Waals surface area (Å²) in [6.07, 6.45) is 0.0419. The van der Waals surface area contributed by atoms with Gasteiger partial charge in [0.05, 0.1) is 5.84 Å². The van der Waals surface area contributed by atoms with E-state index in [4.69, 9.17) is 11.1 Å². The molecule has 0 unspecified atom stereocenters. The molecule has 3 N–H and O–H groups in total. The van der Waals surface area contributed by atoms with Crippen LogP contribution in [0.3, 0.4) is 0 Å². The van der Waals surface area contributed by atoms with Gasteiger partial charge >= 0.3 is 0 Å². The Morgan fingerprint density at radius 1 is 1.40 bits per heavy atom. The fraction of sp³-hybridized carbons (Fsp3) is 0.417. The highest BCUT2D eigenvalue weighted by Crippen LogP contribution is 2.22. The third kappa shape index (κ3) is 3.73. The van der Waals surface area contributed by atoms with Gasteiger partial charge in [-0.15, -0.1) is 0 Å². The van der Waals surface area contributed by atoms with Crippen LogP contribution in [0.5, 0.6) is 0 Å². The first-order valence-corrected chi connectivity index (χ1v) is 7.40. The molecule has 1 rings (SSSR count). The van der Waals surface area contributed by atoms with Crippen molar-refractivity contribution in [3.63, 3.8) is 0 Å². The average molecular weight is 305 g/mol. The summed E-state index contributed by atoms with van der Waals surface area (Å²) in [6, 6.07) is 1.86. The monoisotopic (exact) mass is 305 g/mol. The van der Waals surface area contributed by atoms with Crippen LogP contribution in [0.15, 0.2) is 23.1 Å². The molecule has 0 aromatic heterocycles. The zero-order valence-corrected chi connectivity index (χ0v) is 12.0. The van der Waals surface area contributed by atoms with Gasteiger partial charge in [0.15, 0.2) is 0 Å². The lowest BCUT2D eigenvalue weighted by molar-refractivity contribution is 0.359. The summed E-state index contributed by atoms with van der Waals surface area (Å²) in [6.45, 7) is 3.21. The summed E-state index contributed by atoms with van der Waals surface area (Å²) in [7, 11) is -4.10. The van der Waals surface area contributed by atoms with Crippen molar-refractivity contribution in [1.82, 2.24) is 4.31 Å². The van der Waals surface area contributed by atoms with Gasteiger partial charge in [-0.05, 0) is 26.0 Å². The molecule has 0 aliphatic heterocycles. The molecule has 20 heavy (non-hydrogen) atoms. The molecule has 1 aromatic carbocycles. The van der Waals surface area contributed by atoms with Gasteiger partial charge in [0, 0.05) is 25.1 Å². The number of nitrogens with two attached hydrogens (primary N) is 1. The Morgan fingerprint density at radius 2 is 2.00 bits per heavy atom. The molecule has 0 saturated heterocycles. The van der Waals surface area contributed by atoms with E-state index in [0.717, 1.165) is 16.4 Å². The number of nitrogens with one attached hydrogen (secondary N) is 1. The van der Waals surface area contributed by atoms with Crippen LogP contribution in [0.25, 0.3) is 0 Å². The molecule has 0 amide bonds. The summed E-state index contributed by atoms with van der Waals surface area (Å²) in [5.74, 6) is -2.15. The van der Waals surface area contributed by atoms with E-state index < -0.39 is 32.6 Å². The lowest BCUT2D eigenvalue weighted by atomic mass is 10.3. The molecule has 112 valence electrons. The van der Waals surface area contributed by atoms with Crippen LogP contribution < -0.4 is 5.73 Å². The molecule has 0 spiro atoms. The minimum atomic E-state index is -4.10. The van der Waals surface area contributed by atoms with Crippen molar-refractivity contribution in [3.8, 4) is 0 Å². The highest BCUT2D eigenvalue weighted by Gasteiger charge is 2.29. The molecule has 0 saturated carbocycles. The standard InChI is InChI=1S/C12H17F2N3O2S/c1-8(2)17(6-5-12(15)16)20(18,19)11-4-3-9(13)7-10(11)14/h3-4,7-8H,5-6H2,1-2H3,(H3,15,16). The zero-order chi connectivity index (χ0) is 15.5. The number of rotatable bonds is 6. The average Bonchev–Trinajstić information content (AvgIpc) is 2.26. The van der Waals surface area contributed by atoms with E-state index in [1.807, 2.05) is 0 Å². The summed E-state index contributed by atoms with van der Waals surface area (Å²) in [4.78, 5) is -0.587. The van der Waals surface area contributed by atoms with E-state index in [1.165, 1.54) is 0 Å². The van der Waals surface area contributed by atoms with Gasteiger partial charge in [0.2, 0.25) is 10.0 Å². The van der Waals surface area contributed by atoms with Gasteiger partial charge in [-0.2, -0.15) is 4.31 Å². The van der Waals surface area contributed by atoms with Gasteiger partial charge in [-0.3, -0.25) is 5.41 Å². The van der Waals surface area contributed by atoms with Crippen LogP contribution in [-0.4, -0.2) is 31.1 Å². The maximum atomic E-state index is 13.7. The normalized spacial score (nSPS) is 12.1. The molecule has 0 fully saturated rings. The highest BCUT2D eigenvalue weighted by molar-refractivity contribution is 7.89. The van der Waals surface area contributed by atoms with Crippen LogP contribution >= 0.6 is 0 Å². The van der Waals surface area contributed by atoms with E-state index in [2.05, 4.69) is 0 Å². The maximum absolute atomic E-state index is 13.7. The second kappa shape index (κ2) is 6.27. The molecule has 5 nitrogen and oxygen atoms in total. The molecule has 0 heterocycles. The molecular formula is C12H17F2N3O2S. The first-order valence-electron chi connectivity index (χ1n) is 5.96. The van der Waals surface area contributed by atoms with E-state index in [-0.39, 0.29) is 18.8 Å². The molecular weight excluding hydrogens is 288 g/mol. The van der Waals surface area contributed by atoms with Crippen molar-refractivity contribution in [2.24, 2.45) is 5.73 Å². The Bertz CT molecular complexity index is 603. The minimum absolute atomic E-state index is 0.0356. The van der Waals surface area contributed by atoms with Gasteiger partial charge in [-0.25, -0.2) is 17.2 Å². The Hall–Kier alpha value is -1.54. The van der Waals surface area contributed by atoms with Crippen LogP contribution in [0.1, 0.15) is 20.3 Å². The van der Waals surface area contributed by atoms with Gasteiger partial charge in [0.1, 0.15) is 16.5 Å². The predicted molar refractivity (Wildman–Crippen MR) is 71.9 cm³/mol. The number of sulfonamides is 1. The van der Waals surface area contributed by atoms with Crippen molar-refractivity contribution in [2.75, 3.05) is 6.54 Å². The summed E-state index contributed by atoms with van der Waals surface area (Å²) >= 11 is 0. The predicted octanol–water partition coefficient (Wildman–Crippen LogP) is 1.69. The molecule has 0 bridgehead atoms. The fourth-order valence-electron chi connectivity index (χ4n) is 1.70. The summed E-state index contributed by atoms with van der Waals surface area (Å²) in [5.41, 5.74) is 5.21. The second-order valence-electron chi connectivity index (χ2n) is 4.56. The van der Waals surface area contributed by atoms with Crippen molar-refractivity contribution in [2.45, 2.75) is 31.2 Å². The summed E-state index contributed by atoms with van der Waals surface area (Å²) < 4.78 is 52.3. The maximum Gasteiger partial charge on any atom is 0.246 e. The van der Waals surface area contributed by atoms with Crippen molar-refractivity contribution < 1.29 is 17.2 Å². The van der Waals surface area contributed by atoms with Crippen LogP contribution in [0.2, 0.25) is 0 Å².